The Balaban J connectivity index is 2.43. The van der Waals surface area contributed by atoms with Gasteiger partial charge in [-0.2, -0.15) is 0 Å². The van der Waals surface area contributed by atoms with Crippen LogP contribution in [0.2, 0.25) is 0 Å². The molecule has 0 bridgehead atoms. The molecule has 0 atom stereocenters. The van der Waals surface area contributed by atoms with Gasteiger partial charge >= 0.3 is 0 Å². The highest BCUT2D eigenvalue weighted by atomic mass is 16.5. The summed E-state index contributed by atoms with van der Waals surface area (Å²) in [5.74, 6) is 6.98. The first kappa shape index (κ1) is 17.0. The summed E-state index contributed by atoms with van der Waals surface area (Å²) in [7, 11) is 0. The lowest BCUT2D eigenvalue weighted by Gasteiger charge is -2.16. The second-order valence-electron chi connectivity index (χ2n) is 5.46. The average molecular weight is 278 g/mol. The first-order valence-electron chi connectivity index (χ1n) is 7.95. The second kappa shape index (κ2) is 10.7. The molecule has 114 valence electrons. The van der Waals surface area contributed by atoms with Crippen LogP contribution in [0.3, 0.4) is 0 Å². The van der Waals surface area contributed by atoms with Crippen LogP contribution in [0.1, 0.15) is 51.5 Å². The SMILES string of the molecule is CCCC(CCC)COc1cccc(CCCNN)c1. The number of aryl methyl sites for hydroxylation is 1. The number of benzene rings is 1. The molecule has 3 nitrogen and oxygen atoms in total. The quantitative estimate of drug-likeness (QED) is 0.369. The Labute approximate surface area is 123 Å². The lowest BCUT2D eigenvalue weighted by Crippen LogP contribution is -2.23. The lowest BCUT2D eigenvalue weighted by atomic mass is 9.99. The van der Waals surface area contributed by atoms with Crippen LogP contribution in [0, 0.1) is 5.92 Å². The number of nitrogens with two attached hydrogens (primary N) is 1. The van der Waals surface area contributed by atoms with Gasteiger partial charge in [-0.1, -0.05) is 38.8 Å². The molecule has 0 aliphatic heterocycles. The predicted octanol–water partition coefficient (Wildman–Crippen LogP) is 3.68. The number of ether oxygens (including phenoxy) is 1. The van der Waals surface area contributed by atoms with Crippen LogP contribution in [0.25, 0.3) is 0 Å². The van der Waals surface area contributed by atoms with Crippen molar-refractivity contribution < 1.29 is 4.74 Å². The summed E-state index contributed by atoms with van der Waals surface area (Å²) >= 11 is 0. The molecule has 0 heterocycles. The molecule has 3 N–H and O–H groups in total. The highest BCUT2D eigenvalue weighted by Gasteiger charge is 2.08. The van der Waals surface area contributed by atoms with Crippen LogP contribution in [0.4, 0.5) is 0 Å². The van der Waals surface area contributed by atoms with Gasteiger partial charge in [0.2, 0.25) is 0 Å². The molecule has 0 aliphatic rings. The third-order valence-electron chi connectivity index (χ3n) is 3.56. The van der Waals surface area contributed by atoms with Gasteiger partial charge in [0, 0.05) is 6.54 Å². The maximum Gasteiger partial charge on any atom is 0.119 e. The van der Waals surface area contributed by atoms with Gasteiger partial charge in [0.05, 0.1) is 6.61 Å². The van der Waals surface area contributed by atoms with Gasteiger partial charge < -0.3 is 4.74 Å². The van der Waals surface area contributed by atoms with Gasteiger partial charge in [0.15, 0.2) is 0 Å². The van der Waals surface area contributed by atoms with Crippen LogP contribution in [-0.4, -0.2) is 13.2 Å². The van der Waals surface area contributed by atoms with E-state index in [9.17, 15) is 0 Å². The summed E-state index contributed by atoms with van der Waals surface area (Å²) in [6.45, 7) is 6.18. The molecule has 0 spiro atoms. The van der Waals surface area contributed by atoms with Gasteiger partial charge in [0.1, 0.15) is 5.75 Å². The normalized spacial score (nSPS) is 11.0. The zero-order chi connectivity index (χ0) is 14.6. The Kier molecular flexibility index (Phi) is 9.09. The van der Waals surface area contributed by atoms with E-state index in [0.717, 1.165) is 31.7 Å². The Morgan fingerprint density at radius 3 is 2.60 bits per heavy atom. The van der Waals surface area contributed by atoms with E-state index >= 15 is 0 Å². The lowest BCUT2D eigenvalue weighted by molar-refractivity contribution is 0.229. The molecular formula is C17H30N2O. The standard InChI is InChI=1S/C17H30N2O/c1-3-7-16(8-4-2)14-20-17-11-5-9-15(13-17)10-6-12-19-18/h5,9,11,13,16,19H,3-4,6-8,10,12,14,18H2,1-2H3. The third-order valence-corrected chi connectivity index (χ3v) is 3.56. The molecule has 0 amide bonds. The number of rotatable bonds is 11. The maximum absolute atomic E-state index is 5.98. The van der Waals surface area contributed by atoms with Crippen LogP contribution < -0.4 is 16.0 Å². The van der Waals surface area contributed by atoms with Gasteiger partial charge in [0.25, 0.3) is 0 Å². The monoisotopic (exact) mass is 278 g/mol. The molecular weight excluding hydrogens is 248 g/mol. The molecule has 0 fully saturated rings. The molecule has 1 rings (SSSR count). The molecule has 20 heavy (non-hydrogen) atoms. The summed E-state index contributed by atoms with van der Waals surface area (Å²) < 4.78 is 5.98. The largest absolute Gasteiger partial charge is 0.493 e. The topological polar surface area (TPSA) is 47.3 Å². The van der Waals surface area contributed by atoms with Gasteiger partial charge in [-0.25, -0.2) is 0 Å². The fraction of sp³-hybridized carbons (Fsp3) is 0.647. The minimum absolute atomic E-state index is 0.690. The molecule has 0 aliphatic carbocycles. The zero-order valence-electron chi connectivity index (χ0n) is 13.0. The summed E-state index contributed by atoms with van der Waals surface area (Å²) in [5, 5.41) is 0. The molecule has 1 aromatic carbocycles. The van der Waals surface area contributed by atoms with E-state index in [1.807, 2.05) is 0 Å². The summed E-state index contributed by atoms with van der Waals surface area (Å²) in [6.07, 6.45) is 7.08. The van der Waals surface area contributed by atoms with Crippen molar-refractivity contribution in [3.05, 3.63) is 29.8 Å². The van der Waals surface area contributed by atoms with Crippen molar-refractivity contribution in [2.75, 3.05) is 13.2 Å². The molecule has 0 radical (unpaired) electrons. The van der Waals surface area contributed by atoms with E-state index in [-0.39, 0.29) is 0 Å². The number of hydrogen-bond acceptors (Lipinski definition) is 3. The van der Waals surface area contributed by atoms with E-state index in [4.69, 9.17) is 10.6 Å². The summed E-state index contributed by atoms with van der Waals surface area (Å²) in [5.41, 5.74) is 4.01. The highest BCUT2D eigenvalue weighted by molar-refractivity contribution is 5.28. The molecule has 0 unspecified atom stereocenters. The van der Waals surface area contributed by atoms with Gasteiger partial charge in [-0.05, 0) is 49.3 Å². The first-order valence-corrected chi connectivity index (χ1v) is 7.95. The zero-order valence-corrected chi connectivity index (χ0v) is 13.0. The number of nitrogens with one attached hydrogen (secondary N) is 1. The van der Waals surface area contributed by atoms with Gasteiger partial charge in [-0.15, -0.1) is 0 Å². The van der Waals surface area contributed by atoms with Crippen LogP contribution in [0.15, 0.2) is 24.3 Å². The van der Waals surface area contributed by atoms with E-state index < -0.39 is 0 Å². The smallest absolute Gasteiger partial charge is 0.119 e. The fourth-order valence-electron chi connectivity index (χ4n) is 2.53. The fourth-order valence-corrected chi connectivity index (χ4v) is 2.53. The van der Waals surface area contributed by atoms with Crippen molar-refractivity contribution in [3.8, 4) is 5.75 Å². The Hall–Kier alpha value is -1.06. The van der Waals surface area contributed by atoms with Crippen molar-refractivity contribution in [2.24, 2.45) is 11.8 Å². The number of hydrazine groups is 1. The average Bonchev–Trinajstić information content (AvgIpc) is 2.46. The van der Waals surface area contributed by atoms with Crippen molar-refractivity contribution in [2.45, 2.75) is 52.4 Å². The van der Waals surface area contributed by atoms with Crippen molar-refractivity contribution in [1.29, 1.82) is 0 Å². The third kappa shape index (κ3) is 6.92. The van der Waals surface area contributed by atoms with Crippen molar-refractivity contribution in [3.63, 3.8) is 0 Å². The Morgan fingerprint density at radius 2 is 1.95 bits per heavy atom. The van der Waals surface area contributed by atoms with Crippen LogP contribution in [-0.2, 0) is 6.42 Å². The molecule has 0 saturated carbocycles. The maximum atomic E-state index is 5.98. The van der Waals surface area contributed by atoms with Crippen LogP contribution >= 0.6 is 0 Å². The Bertz CT molecular complexity index is 349. The second-order valence-corrected chi connectivity index (χ2v) is 5.46. The Morgan fingerprint density at radius 1 is 1.20 bits per heavy atom. The molecule has 0 saturated heterocycles. The van der Waals surface area contributed by atoms with E-state index in [1.165, 1.54) is 31.2 Å². The minimum atomic E-state index is 0.690. The van der Waals surface area contributed by atoms with Gasteiger partial charge in [-0.3, -0.25) is 11.3 Å². The highest BCUT2D eigenvalue weighted by Crippen LogP contribution is 2.19. The minimum Gasteiger partial charge on any atom is -0.493 e. The van der Waals surface area contributed by atoms with Crippen molar-refractivity contribution in [1.82, 2.24) is 5.43 Å². The molecule has 0 aromatic heterocycles. The van der Waals surface area contributed by atoms with E-state index in [1.54, 1.807) is 0 Å². The van der Waals surface area contributed by atoms with E-state index in [2.05, 4.69) is 43.5 Å². The predicted molar refractivity (Wildman–Crippen MR) is 85.8 cm³/mol. The van der Waals surface area contributed by atoms with E-state index in [0.29, 0.717) is 5.92 Å². The van der Waals surface area contributed by atoms with Crippen molar-refractivity contribution >= 4 is 0 Å². The summed E-state index contributed by atoms with van der Waals surface area (Å²) in [4.78, 5) is 0. The van der Waals surface area contributed by atoms with Crippen LogP contribution in [0.5, 0.6) is 5.75 Å². The number of hydrogen-bond donors (Lipinski definition) is 2. The first-order chi connectivity index (χ1) is 9.80. The molecule has 3 heteroatoms. The molecule has 1 aromatic rings. The summed E-state index contributed by atoms with van der Waals surface area (Å²) in [6, 6.07) is 8.44.